The molecule has 0 aliphatic heterocycles. The van der Waals surface area contributed by atoms with Crippen LogP contribution in [0.15, 0.2) is 36.5 Å². The summed E-state index contributed by atoms with van der Waals surface area (Å²) in [5.41, 5.74) is 3.55. The van der Waals surface area contributed by atoms with Crippen LogP contribution in [0.4, 0.5) is 0 Å². The first-order valence-corrected chi connectivity index (χ1v) is 5.74. The highest BCUT2D eigenvalue weighted by Gasteiger charge is 2.10. The minimum Gasteiger partial charge on any atom is -0.508 e. The van der Waals surface area contributed by atoms with Crippen molar-refractivity contribution in [2.24, 2.45) is 7.05 Å². The minimum atomic E-state index is 0.302. The predicted molar refractivity (Wildman–Crippen MR) is 70.3 cm³/mol. The molecule has 3 aromatic rings. The maximum absolute atomic E-state index is 9.56. The van der Waals surface area contributed by atoms with Gasteiger partial charge in [-0.1, -0.05) is 0 Å². The van der Waals surface area contributed by atoms with Crippen LogP contribution in [0.25, 0.3) is 22.6 Å². The molecule has 0 radical (unpaired) electrons. The van der Waals surface area contributed by atoms with Gasteiger partial charge in [0.25, 0.3) is 0 Å². The maximum Gasteiger partial charge on any atom is 0.178 e. The van der Waals surface area contributed by atoms with Gasteiger partial charge in [0.15, 0.2) is 5.65 Å². The summed E-state index contributed by atoms with van der Waals surface area (Å²) in [5.74, 6) is 1.16. The molecule has 0 spiro atoms. The van der Waals surface area contributed by atoms with E-state index in [4.69, 9.17) is 0 Å². The third-order valence-electron chi connectivity index (χ3n) is 3.11. The summed E-state index contributed by atoms with van der Waals surface area (Å²) in [4.78, 5) is 8.77. The second kappa shape index (κ2) is 3.84. The molecule has 3 rings (SSSR count). The molecule has 0 unspecified atom stereocenters. The standard InChI is InChI=1S/C14H13N3O/c1-9-8-10(5-6-12(9)18)14-16-13-11(17(14)2)4-3-7-15-13/h3-8,18H,1-2H3. The summed E-state index contributed by atoms with van der Waals surface area (Å²) in [6.45, 7) is 1.87. The molecule has 0 bridgehead atoms. The van der Waals surface area contributed by atoms with Gasteiger partial charge in [-0.2, -0.15) is 0 Å². The van der Waals surface area contributed by atoms with Crippen LogP contribution in [-0.4, -0.2) is 19.6 Å². The van der Waals surface area contributed by atoms with Crippen molar-refractivity contribution in [3.05, 3.63) is 42.1 Å². The molecule has 1 N–H and O–H groups in total. The molecule has 4 heteroatoms. The van der Waals surface area contributed by atoms with E-state index in [1.807, 2.05) is 42.8 Å². The molecule has 2 heterocycles. The van der Waals surface area contributed by atoms with Gasteiger partial charge in [0, 0.05) is 18.8 Å². The highest BCUT2D eigenvalue weighted by Crippen LogP contribution is 2.26. The van der Waals surface area contributed by atoms with Gasteiger partial charge in [-0.3, -0.25) is 0 Å². The average Bonchev–Trinajstić information content (AvgIpc) is 2.71. The van der Waals surface area contributed by atoms with E-state index in [1.165, 1.54) is 0 Å². The average molecular weight is 239 g/mol. The molecule has 0 aliphatic rings. The van der Waals surface area contributed by atoms with Crippen LogP contribution in [0.3, 0.4) is 0 Å². The van der Waals surface area contributed by atoms with Crippen LogP contribution in [0, 0.1) is 6.92 Å². The lowest BCUT2D eigenvalue weighted by atomic mass is 10.1. The van der Waals surface area contributed by atoms with E-state index in [-0.39, 0.29) is 0 Å². The smallest absolute Gasteiger partial charge is 0.178 e. The van der Waals surface area contributed by atoms with E-state index < -0.39 is 0 Å². The number of nitrogens with zero attached hydrogens (tertiary/aromatic N) is 3. The van der Waals surface area contributed by atoms with Gasteiger partial charge in [0.2, 0.25) is 0 Å². The number of hydrogen-bond donors (Lipinski definition) is 1. The van der Waals surface area contributed by atoms with Crippen LogP contribution in [0.5, 0.6) is 5.75 Å². The highest BCUT2D eigenvalue weighted by atomic mass is 16.3. The normalized spacial score (nSPS) is 11.0. The number of phenols is 1. The van der Waals surface area contributed by atoms with Crippen molar-refractivity contribution >= 4 is 11.2 Å². The molecule has 4 nitrogen and oxygen atoms in total. The molecular weight excluding hydrogens is 226 g/mol. The summed E-state index contributed by atoms with van der Waals surface area (Å²) in [5, 5.41) is 9.56. The Balaban J connectivity index is 2.25. The third-order valence-corrected chi connectivity index (χ3v) is 3.11. The fourth-order valence-corrected chi connectivity index (χ4v) is 2.08. The molecular formula is C14H13N3O. The summed E-state index contributed by atoms with van der Waals surface area (Å²) < 4.78 is 2.01. The third kappa shape index (κ3) is 1.54. The summed E-state index contributed by atoms with van der Waals surface area (Å²) in [6, 6.07) is 9.37. The number of fused-ring (bicyclic) bond motifs is 1. The lowest BCUT2D eigenvalue weighted by Gasteiger charge is -2.04. The van der Waals surface area contributed by atoms with Crippen molar-refractivity contribution in [2.75, 3.05) is 0 Å². The Kier molecular flexibility index (Phi) is 2.30. The van der Waals surface area contributed by atoms with E-state index in [1.54, 1.807) is 12.3 Å². The number of phenolic OH excluding ortho intramolecular Hbond substituents is 1. The Bertz CT molecular complexity index is 731. The van der Waals surface area contributed by atoms with Crippen molar-refractivity contribution in [2.45, 2.75) is 6.92 Å². The molecule has 1 aromatic carbocycles. The van der Waals surface area contributed by atoms with Crippen molar-refractivity contribution in [3.8, 4) is 17.1 Å². The van der Waals surface area contributed by atoms with E-state index in [0.717, 1.165) is 28.1 Å². The molecule has 0 saturated heterocycles. The second-order valence-electron chi connectivity index (χ2n) is 4.34. The first-order valence-electron chi connectivity index (χ1n) is 5.74. The van der Waals surface area contributed by atoms with Crippen molar-refractivity contribution < 1.29 is 5.11 Å². The molecule has 18 heavy (non-hydrogen) atoms. The Hall–Kier alpha value is -2.36. The molecule has 0 saturated carbocycles. The molecule has 90 valence electrons. The lowest BCUT2D eigenvalue weighted by Crippen LogP contribution is -1.92. The Labute approximate surface area is 105 Å². The summed E-state index contributed by atoms with van der Waals surface area (Å²) in [6.07, 6.45) is 1.74. The Morgan fingerprint density at radius 1 is 1.22 bits per heavy atom. The van der Waals surface area contributed by atoms with Gasteiger partial charge in [-0.15, -0.1) is 0 Å². The molecule has 2 aromatic heterocycles. The van der Waals surface area contributed by atoms with Crippen LogP contribution in [0.2, 0.25) is 0 Å². The van der Waals surface area contributed by atoms with E-state index in [0.29, 0.717) is 5.75 Å². The first-order chi connectivity index (χ1) is 8.66. The van der Waals surface area contributed by atoms with Crippen LogP contribution >= 0.6 is 0 Å². The molecule has 0 amide bonds. The number of aromatic nitrogens is 3. The highest BCUT2D eigenvalue weighted by molar-refractivity contribution is 5.77. The molecule has 0 fully saturated rings. The van der Waals surface area contributed by atoms with Crippen LogP contribution in [-0.2, 0) is 7.05 Å². The monoisotopic (exact) mass is 239 g/mol. The zero-order valence-electron chi connectivity index (χ0n) is 10.3. The fourth-order valence-electron chi connectivity index (χ4n) is 2.08. The number of benzene rings is 1. The number of rotatable bonds is 1. The van der Waals surface area contributed by atoms with Crippen LogP contribution < -0.4 is 0 Å². The minimum absolute atomic E-state index is 0.302. The predicted octanol–water partition coefficient (Wildman–Crippen LogP) is 2.65. The number of aromatic hydroxyl groups is 1. The second-order valence-corrected chi connectivity index (χ2v) is 4.34. The maximum atomic E-state index is 9.56. The summed E-state index contributed by atoms with van der Waals surface area (Å²) >= 11 is 0. The van der Waals surface area contributed by atoms with Gasteiger partial charge in [0.1, 0.15) is 11.6 Å². The fraction of sp³-hybridized carbons (Fsp3) is 0.143. The van der Waals surface area contributed by atoms with Gasteiger partial charge in [0.05, 0.1) is 5.52 Å². The van der Waals surface area contributed by atoms with E-state index in [2.05, 4.69) is 9.97 Å². The van der Waals surface area contributed by atoms with E-state index >= 15 is 0 Å². The number of pyridine rings is 1. The van der Waals surface area contributed by atoms with Gasteiger partial charge < -0.3 is 9.67 Å². The van der Waals surface area contributed by atoms with Crippen molar-refractivity contribution in [1.82, 2.24) is 14.5 Å². The first kappa shape index (κ1) is 10.8. The van der Waals surface area contributed by atoms with Gasteiger partial charge in [-0.05, 0) is 42.8 Å². The number of hydrogen-bond acceptors (Lipinski definition) is 3. The van der Waals surface area contributed by atoms with Crippen molar-refractivity contribution in [3.63, 3.8) is 0 Å². The van der Waals surface area contributed by atoms with Crippen molar-refractivity contribution in [1.29, 1.82) is 0 Å². The summed E-state index contributed by atoms with van der Waals surface area (Å²) in [7, 11) is 1.97. The lowest BCUT2D eigenvalue weighted by molar-refractivity contribution is 0.471. The Morgan fingerprint density at radius 3 is 2.78 bits per heavy atom. The molecule has 0 atom stereocenters. The zero-order chi connectivity index (χ0) is 12.7. The molecule has 0 aliphatic carbocycles. The number of imidazole rings is 1. The largest absolute Gasteiger partial charge is 0.508 e. The SMILES string of the molecule is Cc1cc(-c2nc3ncccc3n2C)ccc1O. The zero-order valence-corrected chi connectivity index (χ0v) is 10.3. The quantitative estimate of drug-likeness (QED) is 0.710. The number of aryl methyl sites for hydroxylation is 2. The topological polar surface area (TPSA) is 50.9 Å². The van der Waals surface area contributed by atoms with Crippen LogP contribution in [0.1, 0.15) is 5.56 Å². The Morgan fingerprint density at radius 2 is 2.06 bits per heavy atom. The van der Waals surface area contributed by atoms with E-state index in [9.17, 15) is 5.11 Å². The van der Waals surface area contributed by atoms with Gasteiger partial charge >= 0.3 is 0 Å². The van der Waals surface area contributed by atoms with Gasteiger partial charge in [-0.25, -0.2) is 9.97 Å².